The lowest BCUT2D eigenvalue weighted by Crippen LogP contribution is -2.26. The van der Waals surface area contributed by atoms with E-state index in [9.17, 15) is 4.79 Å². The predicted octanol–water partition coefficient (Wildman–Crippen LogP) is 3.07. The number of aryl methyl sites for hydroxylation is 1. The molecular weight excluding hydrogens is 274 g/mol. The van der Waals surface area contributed by atoms with Gasteiger partial charge >= 0.3 is 0 Å². The summed E-state index contributed by atoms with van der Waals surface area (Å²) in [5, 5.41) is 8.53. The zero-order valence-corrected chi connectivity index (χ0v) is 12.7. The van der Waals surface area contributed by atoms with Crippen LogP contribution in [0.2, 0.25) is 0 Å². The molecule has 20 heavy (non-hydrogen) atoms. The molecule has 0 saturated heterocycles. The average molecular weight is 293 g/mol. The van der Waals surface area contributed by atoms with Crippen molar-refractivity contribution in [1.82, 2.24) is 10.1 Å². The number of nitrogens with one attached hydrogen (secondary N) is 1. The molecule has 5 nitrogen and oxygen atoms in total. The third-order valence-corrected chi connectivity index (χ3v) is 4.25. The lowest BCUT2D eigenvalue weighted by Gasteiger charge is -2.23. The number of thiophene rings is 1. The number of aromatic nitrogens is 1. The first-order valence-corrected chi connectivity index (χ1v) is 7.41. The highest BCUT2D eigenvalue weighted by molar-refractivity contribution is 7.10. The van der Waals surface area contributed by atoms with E-state index in [-0.39, 0.29) is 5.91 Å². The highest BCUT2D eigenvalue weighted by atomic mass is 32.1. The second kappa shape index (κ2) is 6.67. The summed E-state index contributed by atoms with van der Waals surface area (Å²) < 4.78 is 4.90. The van der Waals surface area contributed by atoms with Gasteiger partial charge in [-0.25, -0.2) is 0 Å². The second-order valence-corrected chi connectivity index (χ2v) is 5.77. The van der Waals surface area contributed by atoms with E-state index in [1.807, 2.05) is 13.1 Å². The number of hydrogen-bond acceptors (Lipinski definition) is 5. The molecule has 2 aromatic heterocycles. The molecule has 0 saturated carbocycles. The average Bonchev–Trinajstić information content (AvgIpc) is 3.07. The van der Waals surface area contributed by atoms with Crippen molar-refractivity contribution >= 4 is 23.1 Å². The number of nitrogens with zero attached hydrogens (tertiary/aromatic N) is 2. The summed E-state index contributed by atoms with van der Waals surface area (Å²) in [5.41, 5.74) is 0. The van der Waals surface area contributed by atoms with Crippen LogP contribution >= 0.6 is 11.3 Å². The molecule has 2 heterocycles. The van der Waals surface area contributed by atoms with Crippen molar-refractivity contribution in [3.05, 3.63) is 34.2 Å². The van der Waals surface area contributed by atoms with Gasteiger partial charge in [-0.2, -0.15) is 0 Å². The zero-order valence-electron chi connectivity index (χ0n) is 11.9. The van der Waals surface area contributed by atoms with Crippen molar-refractivity contribution in [3.63, 3.8) is 0 Å². The SMILES string of the molecule is Cc1cc(NC(=O)CCN(C)C(C)c2cccs2)no1. The van der Waals surface area contributed by atoms with Crippen LogP contribution in [-0.4, -0.2) is 29.6 Å². The number of amides is 1. The Morgan fingerprint density at radius 3 is 3.00 bits per heavy atom. The molecule has 0 bridgehead atoms. The molecule has 0 radical (unpaired) electrons. The van der Waals surface area contributed by atoms with Gasteiger partial charge in [0.1, 0.15) is 5.76 Å². The van der Waals surface area contributed by atoms with Crippen LogP contribution in [0.25, 0.3) is 0 Å². The summed E-state index contributed by atoms with van der Waals surface area (Å²) in [4.78, 5) is 15.3. The fourth-order valence-electron chi connectivity index (χ4n) is 1.85. The molecule has 0 aromatic carbocycles. The molecule has 0 aliphatic carbocycles. The van der Waals surface area contributed by atoms with Gasteiger partial charge in [0.2, 0.25) is 5.91 Å². The van der Waals surface area contributed by atoms with E-state index in [0.717, 1.165) is 0 Å². The second-order valence-electron chi connectivity index (χ2n) is 4.79. The van der Waals surface area contributed by atoms with Crippen LogP contribution in [0, 0.1) is 6.92 Å². The zero-order chi connectivity index (χ0) is 14.5. The van der Waals surface area contributed by atoms with Crippen molar-refractivity contribution in [2.75, 3.05) is 18.9 Å². The van der Waals surface area contributed by atoms with E-state index in [0.29, 0.717) is 30.6 Å². The fourth-order valence-corrected chi connectivity index (χ4v) is 2.70. The van der Waals surface area contributed by atoms with Crippen molar-refractivity contribution in [3.8, 4) is 0 Å². The van der Waals surface area contributed by atoms with Gasteiger partial charge in [0.15, 0.2) is 5.82 Å². The third kappa shape index (κ3) is 3.91. The summed E-state index contributed by atoms with van der Waals surface area (Å²) in [6.07, 6.45) is 0.429. The quantitative estimate of drug-likeness (QED) is 0.889. The van der Waals surface area contributed by atoms with Gasteiger partial charge in [-0.3, -0.25) is 9.69 Å². The van der Waals surface area contributed by atoms with Crippen molar-refractivity contribution in [2.45, 2.75) is 26.3 Å². The minimum atomic E-state index is -0.0523. The van der Waals surface area contributed by atoms with Crippen molar-refractivity contribution in [2.24, 2.45) is 0 Å². The Balaban J connectivity index is 1.78. The maximum absolute atomic E-state index is 11.8. The van der Waals surface area contributed by atoms with Gasteiger partial charge < -0.3 is 9.84 Å². The Labute approximate surface area is 122 Å². The summed E-state index contributed by atoms with van der Waals surface area (Å²) in [7, 11) is 2.03. The third-order valence-electron chi connectivity index (χ3n) is 3.20. The number of anilines is 1. The molecule has 0 spiro atoms. The molecule has 1 N–H and O–H groups in total. The van der Waals surface area contributed by atoms with Crippen LogP contribution in [0.15, 0.2) is 28.1 Å². The summed E-state index contributed by atoms with van der Waals surface area (Å²) in [6, 6.07) is 6.18. The summed E-state index contributed by atoms with van der Waals surface area (Å²) in [6.45, 7) is 4.63. The molecule has 2 rings (SSSR count). The largest absolute Gasteiger partial charge is 0.360 e. The van der Waals surface area contributed by atoms with Crippen LogP contribution in [-0.2, 0) is 4.79 Å². The fraction of sp³-hybridized carbons (Fsp3) is 0.429. The number of rotatable bonds is 6. The van der Waals surface area contributed by atoms with E-state index >= 15 is 0 Å². The van der Waals surface area contributed by atoms with E-state index in [1.165, 1.54) is 4.88 Å². The topological polar surface area (TPSA) is 58.4 Å². The minimum Gasteiger partial charge on any atom is -0.360 e. The van der Waals surface area contributed by atoms with Crippen LogP contribution in [0.1, 0.15) is 30.0 Å². The molecule has 2 aromatic rings. The summed E-state index contributed by atoms with van der Waals surface area (Å²) >= 11 is 1.73. The smallest absolute Gasteiger partial charge is 0.226 e. The Morgan fingerprint density at radius 1 is 1.60 bits per heavy atom. The van der Waals surface area contributed by atoms with Gasteiger partial charge in [0.05, 0.1) is 0 Å². The Kier molecular flexibility index (Phi) is 4.92. The maximum Gasteiger partial charge on any atom is 0.226 e. The molecule has 1 amide bonds. The molecular formula is C14H19N3O2S. The molecule has 0 aliphatic rings. The standard InChI is InChI=1S/C14H19N3O2S/c1-10-9-13(16-19-10)15-14(18)6-7-17(3)11(2)12-5-4-8-20-12/h4-5,8-9,11H,6-7H2,1-3H3,(H,15,16,18). The highest BCUT2D eigenvalue weighted by Crippen LogP contribution is 2.23. The first-order chi connectivity index (χ1) is 9.56. The van der Waals surface area contributed by atoms with E-state index in [4.69, 9.17) is 4.52 Å². The van der Waals surface area contributed by atoms with E-state index in [1.54, 1.807) is 24.3 Å². The lowest BCUT2D eigenvalue weighted by atomic mass is 10.2. The van der Waals surface area contributed by atoms with Gasteiger partial charge in [-0.05, 0) is 32.3 Å². The Morgan fingerprint density at radius 2 is 2.40 bits per heavy atom. The molecule has 1 atom stereocenters. The molecule has 0 aliphatic heterocycles. The molecule has 6 heteroatoms. The minimum absolute atomic E-state index is 0.0523. The van der Waals surface area contributed by atoms with Crippen molar-refractivity contribution in [1.29, 1.82) is 0 Å². The number of carbonyl (C=O) groups excluding carboxylic acids is 1. The molecule has 0 fully saturated rings. The van der Waals surface area contributed by atoms with Gasteiger partial charge in [-0.1, -0.05) is 11.2 Å². The first kappa shape index (κ1) is 14.7. The predicted molar refractivity (Wildman–Crippen MR) is 79.9 cm³/mol. The lowest BCUT2D eigenvalue weighted by molar-refractivity contribution is -0.116. The highest BCUT2D eigenvalue weighted by Gasteiger charge is 2.14. The summed E-state index contributed by atoms with van der Waals surface area (Å²) in [5.74, 6) is 1.11. The molecule has 108 valence electrons. The monoisotopic (exact) mass is 293 g/mol. The van der Waals surface area contributed by atoms with Crippen LogP contribution < -0.4 is 5.32 Å². The van der Waals surface area contributed by atoms with Crippen LogP contribution in [0.5, 0.6) is 0 Å². The number of carbonyl (C=O) groups is 1. The maximum atomic E-state index is 11.8. The van der Waals surface area contributed by atoms with Crippen LogP contribution in [0.3, 0.4) is 0 Å². The van der Waals surface area contributed by atoms with E-state index < -0.39 is 0 Å². The normalized spacial score (nSPS) is 12.6. The van der Waals surface area contributed by atoms with Crippen LogP contribution in [0.4, 0.5) is 5.82 Å². The Hall–Kier alpha value is -1.66. The van der Waals surface area contributed by atoms with Gasteiger partial charge in [0, 0.05) is 30.0 Å². The Bertz CT molecular complexity index is 551. The van der Waals surface area contributed by atoms with Crippen molar-refractivity contribution < 1.29 is 9.32 Å². The van der Waals surface area contributed by atoms with E-state index in [2.05, 4.69) is 33.7 Å². The number of hydrogen-bond donors (Lipinski definition) is 1. The first-order valence-electron chi connectivity index (χ1n) is 6.53. The van der Waals surface area contributed by atoms with Gasteiger partial charge in [0.25, 0.3) is 0 Å². The van der Waals surface area contributed by atoms with Gasteiger partial charge in [-0.15, -0.1) is 11.3 Å². The molecule has 1 unspecified atom stereocenters.